The van der Waals surface area contributed by atoms with Gasteiger partial charge in [0.15, 0.2) is 5.58 Å². The third-order valence-corrected chi connectivity index (χ3v) is 4.21. The predicted octanol–water partition coefficient (Wildman–Crippen LogP) is 3.30. The van der Waals surface area contributed by atoms with Gasteiger partial charge in [-0.1, -0.05) is 54.2 Å². The molecule has 0 amide bonds. The van der Waals surface area contributed by atoms with Crippen molar-refractivity contribution in [1.82, 2.24) is 4.98 Å². The molecule has 3 rings (SSSR count). The molecule has 0 fully saturated rings. The highest BCUT2D eigenvalue weighted by molar-refractivity contribution is 7.99. The van der Waals surface area contributed by atoms with Crippen molar-refractivity contribution in [3.05, 3.63) is 60.2 Å². The van der Waals surface area contributed by atoms with Gasteiger partial charge in [0, 0.05) is 5.75 Å². The first-order chi connectivity index (χ1) is 10.2. The van der Waals surface area contributed by atoms with E-state index in [1.165, 1.54) is 11.8 Å². The maximum absolute atomic E-state index is 9.42. The molecular weight excluding hydrogens is 282 g/mol. The van der Waals surface area contributed by atoms with Gasteiger partial charge in [0.25, 0.3) is 5.22 Å². The number of fused-ring (bicyclic) bond motifs is 1. The van der Waals surface area contributed by atoms with Crippen molar-refractivity contribution < 1.29 is 4.42 Å². The summed E-state index contributed by atoms with van der Waals surface area (Å²) in [4.78, 5) is 4.38. The first kappa shape index (κ1) is 13.7. The van der Waals surface area contributed by atoms with E-state index in [1.807, 2.05) is 54.6 Å². The number of benzene rings is 2. The minimum Gasteiger partial charge on any atom is -0.431 e. The minimum atomic E-state index is -1.06. The van der Waals surface area contributed by atoms with Crippen molar-refractivity contribution in [2.45, 2.75) is 10.8 Å². The third-order valence-electron chi connectivity index (χ3n) is 3.19. The fraction of sp³-hybridized carbons (Fsp3) is 0.125. The topological polar surface area (TPSA) is 75.8 Å². The first-order valence-corrected chi connectivity index (χ1v) is 7.44. The van der Waals surface area contributed by atoms with Crippen molar-refractivity contribution in [3.63, 3.8) is 0 Å². The smallest absolute Gasteiger partial charge is 0.256 e. The molecule has 1 heterocycles. The number of para-hydroxylation sites is 2. The molecule has 4 nitrogen and oxygen atoms in total. The van der Waals surface area contributed by atoms with Crippen LogP contribution in [0.3, 0.4) is 0 Å². The standard InChI is InChI=1S/C16H13N3OS/c17-10-16(18,12-6-2-1-3-7-12)11-21-15-19-13-8-4-5-9-14(13)20-15/h1-9H,11,18H2. The number of aromatic nitrogens is 1. The summed E-state index contributed by atoms with van der Waals surface area (Å²) in [7, 11) is 0. The average molecular weight is 295 g/mol. The molecule has 1 aromatic heterocycles. The summed E-state index contributed by atoms with van der Waals surface area (Å²) in [6.07, 6.45) is 0. The van der Waals surface area contributed by atoms with Crippen LogP contribution in [0.4, 0.5) is 0 Å². The Morgan fingerprint density at radius 1 is 1.14 bits per heavy atom. The van der Waals surface area contributed by atoms with E-state index in [0.717, 1.165) is 16.7 Å². The van der Waals surface area contributed by atoms with Crippen molar-refractivity contribution in [2.24, 2.45) is 5.73 Å². The lowest BCUT2D eigenvalue weighted by Gasteiger charge is -2.20. The number of oxazole rings is 1. The Hall–Kier alpha value is -2.29. The monoisotopic (exact) mass is 295 g/mol. The predicted molar refractivity (Wildman–Crippen MR) is 82.7 cm³/mol. The van der Waals surface area contributed by atoms with Crippen molar-refractivity contribution in [2.75, 3.05) is 5.75 Å². The zero-order valence-electron chi connectivity index (χ0n) is 11.2. The third kappa shape index (κ3) is 2.77. The van der Waals surface area contributed by atoms with E-state index in [4.69, 9.17) is 10.2 Å². The molecule has 0 radical (unpaired) electrons. The molecule has 2 aromatic carbocycles. The molecule has 3 aromatic rings. The number of hydrogen-bond donors (Lipinski definition) is 1. The van der Waals surface area contributed by atoms with Gasteiger partial charge in [-0.25, -0.2) is 4.98 Å². The van der Waals surface area contributed by atoms with Gasteiger partial charge in [-0.3, -0.25) is 0 Å². The zero-order valence-corrected chi connectivity index (χ0v) is 12.0. The van der Waals surface area contributed by atoms with Gasteiger partial charge < -0.3 is 10.2 Å². The van der Waals surface area contributed by atoms with Crippen LogP contribution in [0, 0.1) is 11.3 Å². The summed E-state index contributed by atoms with van der Waals surface area (Å²) in [6.45, 7) is 0. The Kier molecular flexibility index (Phi) is 3.65. The van der Waals surface area contributed by atoms with Gasteiger partial charge in [-0.15, -0.1) is 0 Å². The minimum absolute atomic E-state index is 0.375. The summed E-state index contributed by atoms with van der Waals surface area (Å²) in [5.74, 6) is 0.375. The van der Waals surface area contributed by atoms with E-state index in [2.05, 4.69) is 11.1 Å². The summed E-state index contributed by atoms with van der Waals surface area (Å²) in [5, 5.41) is 9.94. The molecule has 0 bridgehead atoms. The highest BCUT2D eigenvalue weighted by atomic mass is 32.2. The first-order valence-electron chi connectivity index (χ1n) is 6.45. The lowest BCUT2D eigenvalue weighted by molar-refractivity contribution is 0.488. The molecule has 104 valence electrons. The SMILES string of the molecule is N#CC(N)(CSc1nc2ccccc2o1)c1ccccc1. The lowest BCUT2D eigenvalue weighted by atomic mass is 9.95. The molecular formula is C16H13N3OS. The van der Waals surface area contributed by atoms with E-state index in [0.29, 0.717) is 11.0 Å². The Labute approximate surface area is 126 Å². The van der Waals surface area contributed by atoms with E-state index >= 15 is 0 Å². The number of hydrogen-bond acceptors (Lipinski definition) is 5. The second-order valence-corrected chi connectivity index (χ2v) is 5.61. The fourth-order valence-corrected chi connectivity index (χ4v) is 2.90. The molecule has 5 heteroatoms. The second kappa shape index (κ2) is 5.60. The van der Waals surface area contributed by atoms with Crippen molar-refractivity contribution in [1.29, 1.82) is 5.26 Å². The van der Waals surface area contributed by atoms with Crippen LogP contribution in [0.5, 0.6) is 0 Å². The number of nitriles is 1. The highest BCUT2D eigenvalue weighted by Crippen LogP contribution is 2.29. The Bertz CT molecular complexity index is 761. The molecule has 0 spiro atoms. The lowest BCUT2D eigenvalue weighted by Crippen LogP contribution is -2.37. The molecule has 1 atom stereocenters. The van der Waals surface area contributed by atoms with E-state index in [-0.39, 0.29) is 0 Å². The number of thioether (sulfide) groups is 1. The van der Waals surface area contributed by atoms with E-state index < -0.39 is 5.54 Å². The Balaban J connectivity index is 1.81. The summed E-state index contributed by atoms with van der Waals surface area (Å²) in [5.41, 5.74) is 7.47. The molecule has 0 saturated carbocycles. The maximum atomic E-state index is 9.42. The van der Waals surface area contributed by atoms with Crippen LogP contribution in [0.25, 0.3) is 11.1 Å². The fourth-order valence-electron chi connectivity index (χ4n) is 2.00. The van der Waals surface area contributed by atoms with Crippen LogP contribution in [0.1, 0.15) is 5.56 Å². The summed E-state index contributed by atoms with van der Waals surface area (Å²) < 4.78 is 5.63. The molecule has 0 saturated heterocycles. The van der Waals surface area contributed by atoms with Gasteiger partial charge in [0.2, 0.25) is 0 Å². The van der Waals surface area contributed by atoms with Crippen LogP contribution in [0.2, 0.25) is 0 Å². The molecule has 0 aliphatic heterocycles. The molecule has 2 N–H and O–H groups in total. The maximum Gasteiger partial charge on any atom is 0.256 e. The summed E-state index contributed by atoms with van der Waals surface area (Å²) in [6, 6.07) is 19.1. The van der Waals surface area contributed by atoms with Crippen LogP contribution in [0.15, 0.2) is 64.2 Å². The van der Waals surface area contributed by atoms with Gasteiger partial charge >= 0.3 is 0 Å². The highest BCUT2D eigenvalue weighted by Gasteiger charge is 2.28. The van der Waals surface area contributed by atoms with Crippen LogP contribution in [-0.2, 0) is 5.54 Å². The Morgan fingerprint density at radius 3 is 2.57 bits per heavy atom. The van der Waals surface area contributed by atoms with E-state index in [1.54, 1.807) is 0 Å². The molecule has 1 unspecified atom stereocenters. The van der Waals surface area contributed by atoms with Gasteiger partial charge in [0.05, 0.1) is 6.07 Å². The van der Waals surface area contributed by atoms with Crippen LogP contribution < -0.4 is 5.73 Å². The summed E-state index contributed by atoms with van der Waals surface area (Å²) >= 11 is 1.35. The van der Waals surface area contributed by atoms with Crippen LogP contribution in [-0.4, -0.2) is 10.7 Å². The number of nitrogens with zero attached hydrogens (tertiary/aromatic N) is 2. The quantitative estimate of drug-likeness (QED) is 0.747. The van der Waals surface area contributed by atoms with Crippen molar-refractivity contribution in [3.8, 4) is 6.07 Å². The van der Waals surface area contributed by atoms with Gasteiger partial charge in [0.1, 0.15) is 11.1 Å². The normalized spacial score (nSPS) is 13.7. The van der Waals surface area contributed by atoms with Crippen molar-refractivity contribution >= 4 is 22.9 Å². The Morgan fingerprint density at radius 2 is 1.86 bits per heavy atom. The number of rotatable bonds is 4. The second-order valence-electron chi connectivity index (χ2n) is 4.69. The molecule has 0 aliphatic carbocycles. The average Bonchev–Trinajstić information content (AvgIpc) is 2.96. The zero-order chi connectivity index (χ0) is 14.7. The number of nitrogens with two attached hydrogens (primary N) is 1. The van der Waals surface area contributed by atoms with Gasteiger partial charge in [-0.05, 0) is 17.7 Å². The largest absolute Gasteiger partial charge is 0.431 e. The molecule has 21 heavy (non-hydrogen) atoms. The molecule has 0 aliphatic rings. The van der Waals surface area contributed by atoms with Crippen LogP contribution >= 0.6 is 11.8 Å². The van der Waals surface area contributed by atoms with E-state index in [9.17, 15) is 5.26 Å². The van der Waals surface area contributed by atoms with Gasteiger partial charge in [-0.2, -0.15) is 5.26 Å².